The van der Waals surface area contributed by atoms with Gasteiger partial charge in [0.15, 0.2) is 0 Å². The van der Waals surface area contributed by atoms with Crippen LogP contribution in [0, 0.1) is 17.2 Å². The number of nitrogens with one attached hydrogen (secondary N) is 2. The number of anilines is 1. The molecule has 4 nitrogen and oxygen atoms in total. The second-order valence-electron chi connectivity index (χ2n) is 5.69. The monoisotopic (exact) mass is 280 g/mol. The van der Waals surface area contributed by atoms with Crippen molar-refractivity contribution >= 4 is 17.5 Å². The fourth-order valence-corrected chi connectivity index (χ4v) is 1.47. The van der Waals surface area contributed by atoms with E-state index < -0.39 is 17.1 Å². The van der Waals surface area contributed by atoms with Crippen LogP contribution in [0.5, 0.6) is 0 Å². The summed E-state index contributed by atoms with van der Waals surface area (Å²) in [7, 11) is 0. The molecule has 0 bridgehead atoms. The lowest BCUT2D eigenvalue weighted by atomic mass is 9.90. The molecule has 110 valence electrons. The molecular weight excluding hydrogens is 259 g/mol. The van der Waals surface area contributed by atoms with Gasteiger partial charge in [-0.1, -0.05) is 19.9 Å². The average Bonchev–Trinajstić information content (AvgIpc) is 2.35. The molecular formula is C15H21FN2O2. The van der Waals surface area contributed by atoms with Crippen molar-refractivity contribution in [3.05, 3.63) is 30.1 Å². The van der Waals surface area contributed by atoms with E-state index in [1.165, 1.54) is 32.0 Å². The number of benzene rings is 1. The normalized spacial score (nSPS) is 11.3. The Morgan fingerprint density at radius 1 is 1.25 bits per heavy atom. The maximum atomic E-state index is 13.1. The summed E-state index contributed by atoms with van der Waals surface area (Å²) in [6, 6.07) is 5.57. The second kappa shape index (κ2) is 6.50. The summed E-state index contributed by atoms with van der Waals surface area (Å²) in [6.07, 6.45) is 0. The first kappa shape index (κ1) is 16.1. The molecule has 0 unspecified atom stereocenters. The van der Waals surface area contributed by atoms with Gasteiger partial charge in [0, 0.05) is 12.2 Å². The van der Waals surface area contributed by atoms with Gasteiger partial charge in [0.1, 0.15) is 11.2 Å². The van der Waals surface area contributed by atoms with Crippen LogP contribution in [0.3, 0.4) is 0 Å². The zero-order valence-corrected chi connectivity index (χ0v) is 12.3. The minimum absolute atomic E-state index is 0.307. The Balaban J connectivity index is 2.71. The van der Waals surface area contributed by atoms with E-state index in [0.29, 0.717) is 18.2 Å². The van der Waals surface area contributed by atoms with E-state index >= 15 is 0 Å². The molecule has 5 heteroatoms. The summed E-state index contributed by atoms with van der Waals surface area (Å²) in [6.45, 7) is 7.53. The molecule has 0 atom stereocenters. The van der Waals surface area contributed by atoms with Crippen molar-refractivity contribution < 1.29 is 14.0 Å². The molecule has 0 aliphatic carbocycles. The zero-order chi connectivity index (χ0) is 15.3. The van der Waals surface area contributed by atoms with Crippen LogP contribution in [0.25, 0.3) is 0 Å². The standard InChI is InChI=1S/C15H21FN2O2/c1-10(2)9-17-13(19)15(3,4)14(20)18-12-7-5-6-11(16)8-12/h5-8,10H,9H2,1-4H3,(H,17,19)(H,18,20). The van der Waals surface area contributed by atoms with Crippen LogP contribution in [0.2, 0.25) is 0 Å². The molecule has 0 spiro atoms. The van der Waals surface area contributed by atoms with E-state index in [0.717, 1.165) is 0 Å². The maximum absolute atomic E-state index is 13.1. The first-order valence-corrected chi connectivity index (χ1v) is 6.59. The van der Waals surface area contributed by atoms with Gasteiger partial charge in [-0.2, -0.15) is 0 Å². The van der Waals surface area contributed by atoms with Crippen LogP contribution in [-0.2, 0) is 9.59 Å². The highest BCUT2D eigenvalue weighted by molar-refractivity contribution is 6.09. The van der Waals surface area contributed by atoms with Gasteiger partial charge in [-0.25, -0.2) is 4.39 Å². The number of carbonyl (C=O) groups excluding carboxylic acids is 2. The van der Waals surface area contributed by atoms with Crippen LogP contribution in [0.4, 0.5) is 10.1 Å². The van der Waals surface area contributed by atoms with Crippen molar-refractivity contribution in [1.82, 2.24) is 5.32 Å². The molecule has 0 saturated heterocycles. The lowest BCUT2D eigenvalue weighted by molar-refractivity contribution is -0.138. The first-order valence-electron chi connectivity index (χ1n) is 6.59. The Morgan fingerprint density at radius 3 is 2.45 bits per heavy atom. The van der Waals surface area contributed by atoms with E-state index in [4.69, 9.17) is 0 Å². The molecule has 1 rings (SSSR count). The highest BCUT2D eigenvalue weighted by Crippen LogP contribution is 2.19. The van der Waals surface area contributed by atoms with E-state index in [9.17, 15) is 14.0 Å². The number of hydrogen-bond acceptors (Lipinski definition) is 2. The first-order chi connectivity index (χ1) is 9.23. The van der Waals surface area contributed by atoms with Gasteiger partial charge < -0.3 is 10.6 Å². The van der Waals surface area contributed by atoms with Gasteiger partial charge in [-0.05, 0) is 38.0 Å². The number of halogens is 1. The zero-order valence-electron chi connectivity index (χ0n) is 12.3. The molecule has 0 radical (unpaired) electrons. The van der Waals surface area contributed by atoms with Gasteiger partial charge >= 0.3 is 0 Å². The summed E-state index contributed by atoms with van der Waals surface area (Å²) in [5, 5.41) is 5.28. The van der Waals surface area contributed by atoms with Crippen LogP contribution in [0.1, 0.15) is 27.7 Å². The summed E-state index contributed by atoms with van der Waals surface area (Å²) in [5.41, 5.74) is -0.888. The average molecular weight is 280 g/mol. The predicted octanol–water partition coefficient (Wildman–Crippen LogP) is 2.56. The molecule has 1 aromatic carbocycles. The van der Waals surface area contributed by atoms with Gasteiger partial charge in [0.25, 0.3) is 0 Å². The molecule has 0 aliphatic heterocycles. The summed E-state index contributed by atoms with van der Waals surface area (Å²) >= 11 is 0. The predicted molar refractivity (Wildman–Crippen MR) is 76.7 cm³/mol. The quantitative estimate of drug-likeness (QED) is 0.814. The minimum Gasteiger partial charge on any atom is -0.355 e. The third-order valence-corrected chi connectivity index (χ3v) is 2.89. The maximum Gasteiger partial charge on any atom is 0.239 e. The lowest BCUT2D eigenvalue weighted by Gasteiger charge is -2.23. The fraction of sp³-hybridized carbons (Fsp3) is 0.467. The van der Waals surface area contributed by atoms with Crippen molar-refractivity contribution in [2.45, 2.75) is 27.7 Å². The Hall–Kier alpha value is -1.91. The highest BCUT2D eigenvalue weighted by Gasteiger charge is 2.35. The van der Waals surface area contributed by atoms with Crippen molar-refractivity contribution in [1.29, 1.82) is 0 Å². The third-order valence-electron chi connectivity index (χ3n) is 2.89. The van der Waals surface area contributed by atoms with Crippen LogP contribution in [-0.4, -0.2) is 18.4 Å². The van der Waals surface area contributed by atoms with E-state index in [-0.39, 0.29) is 5.91 Å². The number of carbonyl (C=O) groups is 2. The van der Waals surface area contributed by atoms with Crippen LogP contribution >= 0.6 is 0 Å². The minimum atomic E-state index is -1.22. The lowest BCUT2D eigenvalue weighted by Crippen LogP contribution is -2.46. The summed E-state index contributed by atoms with van der Waals surface area (Å²) in [4.78, 5) is 24.2. The van der Waals surface area contributed by atoms with Gasteiger partial charge in [-0.3, -0.25) is 9.59 Å². The van der Waals surface area contributed by atoms with Gasteiger partial charge in [-0.15, -0.1) is 0 Å². The molecule has 0 fully saturated rings. The Bertz CT molecular complexity index is 498. The fourth-order valence-electron chi connectivity index (χ4n) is 1.47. The SMILES string of the molecule is CC(C)CNC(=O)C(C)(C)C(=O)Nc1cccc(F)c1. The van der Waals surface area contributed by atoms with Crippen molar-refractivity contribution in [2.75, 3.05) is 11.9 Å². The Kier molecular flexibility index (Phi) is 5.25. The molecule has 0 saturated carbocycles. The number of hydrogen-bond donors (Lipinski definition) is 2. The molecule has 2 amide bonds. The van der Waals surface area contributed by atoms with E-state index in [1.807, 2.05) is 13.8 Å². The largest absolute Gasteiger partial charge is 0.355 e. The Morgan fingerprint density at radius 2 is 1.90 bits per heavy atom. The molecule has 0 aromatic heterocycles. The number of amides is 2. The van der Waals surface area contributed by atoms with Crippen LogP contribution < -0.4 is 10.6 Å². The second-order valence-corrected chi connectivity index (χ2v) is 5.69. The van der Waals surface area contributed by atoms with Gasteiger partial charge in [0.05, 0.1) is 0 Å². The highest BCUT2D eigenvalue weighted by atomic mass is 19.1. The van der Waals surface area contributed by atoms with Gasteiger partial charge in [0.2, 0.25) is 11.8 Å². The van der Waals surface area contributed by atoms with E-state index in [2.05, 4.69) is 10.6 Å². The van der Waals surface area contributed by atoms with Crippen molar-refractivity contribution in [2.24, 2.45) is 11.3 Å². The molecule has 0 aliphatic rings. The number of rotatable bonds is 5. The Labute approximate surface area is 118 Å². The topological polar surface area (TPSA) is 58.2 Å². The van der Waals surface area contributed by atoms with Crippen molar-refractivity contribution in [3.8, 4) is 0 Å². The van der Waals surface area contributed by atoms with Crippen molar-refractivity contribution in [3.63, 3.8) is 0 Å². The van der Waals surface area contributed by atoms with Crippen LogP contribution in [0.15, 0.2) is 24.3 Å². The van der Waals surface area contributed by atoms with E-state index in [1.54, 1.807) is 6.07 Å². The smallest absolute Gasteiger partial charge is 0.239 e. The summed E-state index contributed by atoms with van der Waals surface area (Å²) < 4.78 is 13.1. The molecule has 1 aromatic rings. The molecule has 20 heavy (non-hydrogen) atoms. The molecule has 0 heterocycles. The molecule has 2 N–H and O–H groups in total. The third kappa shape index (κ3) is 4.33. The summed E-state index contributed by atoms with van der Waals surface area (Å²) in [5.74, 6) is -0.949.